The molecule has 0 radical (unpaired) electrons. The Morgan fingerprint density at radius 3 is 2.52 bits per heavy atom. The fourth-order valence-electron chi connectivity index (χ4n) is 2.91. The van der Waals surface area contributed by atoms with Crippen molar-refractivity contribution in [1.29, 1.82) is 5.26 Å². The Morgan fingerprint density at radius 2 is 1.96 bits per heavy atom. The third-order valence-corrected chi connectivity index (χ3v) is 4.67. The molecule has 0 atom stereocenters. The van der Waals surface area contributed by atoms with Crippen LogP contribution in [-0.2, 0) is 17.9 Å². The van der Waals surface area contributed by atoms with E-state index in [0.717, 1.165) is 37.1 Å². The molecular weight excluding hydrogens is 316 g/mol. The third-order valence-electron chi connectivity index (χ3n) is 4.67. The molecule has 0 aliphatic carbocycles. The van der Waals surface area contributed by atoms with Crippen LogP contribution in [0.1, 0.15) is 24.0 Å². The number of hydrogen-bond donors (Lipinski definition) is 2. The first-order valence-electron chi connectivity index (χ1n) is 8.53. The van der Waals surface area contributed by atoms with Crippen LogP contribution in [0, 0.1) is 11.3 Å². The van der Waals surface area contributed by atoms with Gasteiger partial charge in [-0.3, -0.25) is 4.79 Å². The second-order valence-electron chi connectivity index (χ2n) is 6.48. The lowest BCUT2D eigenvalue weighted by Crippen LogP contribution is -2.45. The lowest BCUT2D eigenvalue weighted by molar-refractivity contribution is -0.128. The summed E-state index contributed by atoms with van der Waals surface area (Å²) in [4.78, 5) is 16.5. The number of benzene rings is 1. The molecular formula is C19H26N4O2. The van der Waals surface area contributed by atoms with Gasteiger partial charge in [0.2, 0.25) is 0 Å². The first-order chi connectivity index (χ1) is 12.0. The number of piperidine rings is 1. The second-order valence-corrected chi connectivity index (χ2v) is 6.48. The van der Waals surface area contributed by atoms with Crippen molar-refractivity contribution in [2.75, 3.05) is 27.2 Å². The van der Waals surface area contributed by atoms with Crippen LogP contribution in [0.2, 0.25) is 0 Å². The van der Waals surface area contributed by atoms with E-state index in [2.05, 4.69) is 17.3 Å². The largest absolute Gasteiger partial charge is 0.392 e. The zero-order valence-electron chi connectivity index (χ0n) is 14.9. The molecule has 25 heavy (non-hydrogen) atoms. The minimum Gasteiger partial charge on any atom is -0.392 e. The van der Waals surface area contributed by atoms with E-state index < -0.39 is 0 Å². The third kappa shape index (κ3) is 5.31. The molecule has 0 saturated carbocycles. The van der Waals surface area contributed by atoms with Gasteiger partial charge in [-0.1, -0.05) is 24.3 Å². The molecule has 2 N–H and O–H groups in total. The predicted octanol–water partition coefficient (Wildman–Crippen LogP) is 1.23. The van der Waals surface area contributed by atoms with Gasteiger partial charge >= 0.3 is 0 Å². The van der Waals surface area contributed by atoms with Gasteiger partial charge in [-0.2, -0.15) is 5.26 Å². The molecule has 1 amide bonds. The molecule has 1 heterocycles. The normalized spacial score (nSPS) is 16.3. The van der Waals surface area contributed by atoms with Crippen molar-refractivity contribution >= 4 is 5.91 Å². The summed E-state index contributed by atoms with van der Waals surface area (Å²) in [6.45, 7) is 2.47. The maximum absolute atomic E-state index is 12.5. The first kappa shape index (κ1) is 19.0. The molecule has 1 aromatic carbocycles. The van der Waals surface area contributed by atoms with Crippen LogP contribution in [-0.4, -0.2) is 54.0 Å². The highest BCUT2D eigenvalue weighted by atomic mass is 16.3. The lowest BCUT2D eigenvalue weighted by atomic mass is 10.0. The number of likely N-dealkylation sites (tertiary alicyclic amines) is 1. The molecule has 1 saturated heterocycles. The number of carbonyl (C=O) groups is 1. The summed E-state index contributed by atoms with van der Waals surface area (Å²) in [5.74, 6) is -0.236. The van der Waals surface area contributed by atoms with Crippen LogP contribution in [0.3, 0.4) is 0 Å². The molecule has 2 rings (SSSR count). The number of carbonyl (C=O) groups excluding carboxylic acids is 1. The van der Waals surface area contributed by atoms with Gasteiger partial charge in [-0.15, -0.1) is 0 Å². The fraction of sp³-hybridized carbons (Fsp3) is 0.474. The smallest absolute Gasteiger partial charge is 0.265 e. The summed E-state index contributed by atoms with van der Waals surface area (Å²) in [5.41, 5.74) is 1.99. The van der Waals surface area contributed by atoms with E-state index in [1.54, 1.807) is 11.9 Å². The quantitative estimate of drug-likeness (QED) is 0.600. The molecule has 6 heteroatoms. The molecule has 1 aliphatic heterocycles. The number of rotatable bonds is 6. The molecule has 0 aromatic heterocycles. The summed E-state index contributed by atoms with van der Waals surface area (Å²) >= 11 is 0. The number of nitrogens with one attached hydrogen (secondary N) is 1. The highest BCUT2D eigenvalue weighted by Crippen LogP contribution is 2.16. The van der Waals surface area contributed by atoms with Gasteiger partial charge in [0, 0.05) is 25.8 Å². The first-order valence-corrected chi connectivity index (χ1v) is 8.53. The van der Waals surface area contributed by atoms with E-state index >= 15 is 0 Å². The van der Waals surface area contributed by atoms with Gasteiger partial charge in [-0.25, -0.2) is 0 Å². The van der Waals surface area contributed by atoms with Crippen molar-refractivity contribution in [3.8, 4) is 6.07 Å². The Balaban J connectivity index is 1.91. The average Bonchev–Trinajstić information content (AvgIpc) is 2.65. The Morgan fingerprint density at radius 1 is 1.36 bits per heavy atom. The van der Waals surface area contributed by atoms with E-state index in [9.17, 15) is 10.1 Å². The Labute approximate surface area is 149 Å². The Bertz CT molecular complexity index is 640. The van der Waals surface area contributed by atoms with Gasteiger partial charge in [0.25, 0.3) is 5.91 Å². The molecule has 6 nitrogen and oxygen atoms in total. The number of nitrogens with zero attached hydrogens (tertiary/aromatic N) is 3. The molecule has 1 aromatic rings. The van der Waals surface area contributed by atoms with Gasteiger partial charge in [-0.05, 0) is 44.1 Å². The van der Waals surface area contributed by atoms with Crippen molar-refractivity contribution in [3.05, 3.63) is 47.2 Å². The van der Waals surface area contributed by atoms with E-state index in [0.29, 0.717) is 6.54 Å². The molecule has 1 aliphatic rings. The van der Waals surface area contributed by atoms with Crippen LogP contribution in [0.4, 0.5) is 0 Å². The van der Waals surface area contributed by atoms with Crippen molar-refractivity contribution in [3.63, 3.8) is 0 Å². The van der Waals surface area contributed by atoms with E-state index in [4.69, 9.17) is 5.11 Å². The zero-order chi connectivity index (χ0) is 18.2. The molecule has 1 fully saturated rings. The summed E-state index contributed by atoms with van der Waals surface area (Å²) in [6.07, 6.45) is 3.36. The van der Waals surface area contributed by atoms with Crippen molar-refractivity contribution in [1.82, 2.24) is 15.1 Å². The minimum atomic E-state index is -0.236. The molecule has 0 unspecified atom stereocenters. The van der Waals surface area contributed by atoms with Gasteiger partial charge < -0.3 is 20.2 Å². The van der Waals surface area contributed by atoms with Crippen LogP contribution in [0.25, 0.3) is 0 Å². The van der Waals surface area contributed by atoms with E-state index in [1.165, 1.54) is 6.20 Å². The zero-order valence-corrected chi connectivity index (χ0v) is 14.9. The highest BCUT2D eigenvalue weighted by Gasteiger charge is 2.25. The second kappa shape index (κ2) is 9.21. The van der Waals surface area contributed by atoms with Crippen LogP contribution >= 0.6 is 0 Å². The van der Waals surface area contributed by atoms with E-state index in [-0.39, 0.29) is 24.1 Å². The number of likely N-dealkylation sites (N-methyl/N-ethyl adjacent to an activating group) is 1. The van der Waals surface area contributed by atoms with Gasteiger partial charge in [0.1, 0.15) is 11.6 Å². The molecule has 0 spiro atoms. The summed E-state index contributed by atoms with van der Waals surface area (Å²) < 4.78 is 0. The molecule has 134 valence electrons. The van der Waals surface area contributed by atoms with Gasteiger partial charge in [0.15, 0.2) is 0 Å². The summed E-state index contributed by atoms with van der Waals surface area (Å²) in [5, 5.41) is 21.4. The summed E-state index contributed by atoms with van der Waals surface area (Å²) in [6, 6.07) is 9.71. The maximum Gasteiger partial charge on any atom is 0.265 e. The van der Waals surface area contributed by atoms with E-state index in [1.807, 2.05) is 30.3 Å². The fourth-order valence-corrected chi connectivity index (χ4v) is 2.91. The summed E-state index contributed by atoms with van der Waals surface area (Å²) in [7, 11) is 3.85. The monoisotopic (exact) mass is 342 g/mol. The van der Waals surface area contributed by atoms with Crippen molar-refractivity contribution in [2.45, 2.75) is 32.0 Å². The number of amides is 1. The molecule has 0 bridgehead atoms. The van der Waals surface area contributed by atoms with Crippen LogP contribution in [0.15, 0.2) is 36.0 Å². The lowest BCUT2D eigenvalue weighted by Gasteiger charge is -2.34. The predicted molar refractivity (Wildman–Crippen MR) is 96.2 cm³/mol. The minimum absolute atomic E-state index is 0.0178. The SMILES string of the molecule is CN1CCC(N(C)C(=O)/C(C#N)=C\NCc2ccc(CO)cc2)CC1. The number of hydrogen-bond acceptors (Lipinski definition) is 5. The number of aliphatic hydroxyl groups excluding tert-OH is 1. The van der Waals surface area contributed by atoms with Crippen LogP contribution in [0.5, 0.6) is 0 Å². The number of nitriles is 1. The van der Waals surface area contributed by atoms with Gasteiger partial charge in [0.05, 0.1) is 6.61 Å². The van der Waals surface area contributed by atoms with Crippen molar-refractivity contribution in [2.24, 2.45) is 0 Å². The number of aliphatic hydroxyl groups is 1. The van der Waals surface area contributed by atoms with Crippen molar-refractivity contribution < 1.29 is 9.90 Å². The Kier molecular flexibility index (Phi) is 6.99. The highest BCUT2D eigenvalue weighted by molar-refractivity contribution is 5.97. The van der Waals surface area contributed by atoms with Crippen LogP contribution < -0.4 is 5.32 Å². The average molecular weight is 342 g/mol. The Hall–Kier alpha value is -2.36. The standard InChI is InChI=1S/C19H26N4O2/c1-22-9-7-18(8-10-22)23(2)19(25)17(11-20)13-21-12-15-3-5-16(14-24)6-4-15/h3-6,13,18,21,24H,7-10,12,14H2,1-2H3/b17-13-. The maximum atomic E-state index is 12.5. The topological polar surface area (TPSA) is 79.6 Å².